The van der Waals surface area contributed by atoms with Gasteiger partial charge in [-0.3, -0.25) is 0 Å². The fraction of sp³-hybridized carbons (Fsp3) is 0.529. The average molecular weight is 287 g/mol. The molecule has 3 rings (SSSR count). The van der Waals surface area contributed by atoms with Crippen LogP contribution in [0.4, 0.5) is 5.69 Å². The van der Waals surface area contributed by atoms with E-state index in [0.717, 1.165) is 23.1 Å². The fourth-order valence-electron chi connectivity index (χ4n) is 3.86. The van der Waals surface area contributed by atoms with E-state index in [1.165, 1.54) is 0 Å². The third-order valence-corrected chi connectivity index (χ3v) is 4.92. The Hall–Kier alpha value is -1.68. The number of nitrogens with zero attached hydrogens (tertiary/aromatic N) is 1. The quantitative estimate of drug-likeness (QED) is 0.661. The van der Waals surface area contributed by atoms with Crippen LogP contribution >= 0.6 is 0 Å². The summed E-state index contributed by atoms with van der Waals surface area (Å²) in [7, 11) is 0. The molecule has 0 radical (unpaired) electrons. The van der Waals surface area contributed by atoms with Crippen LogP contribution in [0.15, 0.2) is 29.5 Å². The molecule has 21 heavy (non-hydrogen) atoms. The van der Waals surface area contributed by atoms with Crippen LogP contribution in [0, 0.1) is 17.7 Å². The van der Waals surface area contributed by atoms with E-state index in [1.54, 1.807) is 6.07 Å². The topological polar surface area (TPSA) is 58.9 Å². The first-order valence-corrected chi connectivity index (χ1v) is 7.37. The first kappa shape index (κ1) is 14.3. The highest BCUT2D eigenvalue weighted by atomic mass is 16.5. The van der Waals surface area contributed by atoms with Gasteiger partial charge in [-0.05, 0) is 62.4 Å². The molecule has 1 aliphatic heterocycles. The Morgan fingerprint density at radius 1 is 1.52 bits per heavy atom. The Morgan fingerprint density at radius 3 is 2.86 bits per heavy atom. The molecule has 1 saturated carbocycles. The largest absolute Gasteiger partial charge is 0.486 e. The lowest BCUT2D eigenvalue weighted by molar-refractivity contribution is -0.0823. The van der Waals surface area contributed by atoms with Gasteiger partial charge in [-0.2, -0.15) is 0 Å². The number of rotatable bonds is 2. The second kappa shape index (κ2) is 4.67. The zero-order chi connectivity index (χ0) is 15.4. The molecule has 1 fully saturated rings. The zero-order valence-electron chi connectivity index (χ0n) is 12.7. The van der Waals surface area contributed by atoms with Crippen molar-refractivity contribution in [2.45, 2.75) is 51.2 Å². The highest BCUT2D eigenvalue weighted by molar-refractivity contribution is 5.61. The van der Waals surface area contributed by atoms with Crippen LogP contribution in [0.1, 0.15) is 43.7 Å². The van der Waals surface area contributed by atoms with Crippen LogP contribution in [0.3, 0.4) is 0 Å². The van der Waals surface area contributed by atoms with Crippen LogP contribution in [0.5, 0.6) is 5.75 Å². The van der Waals surface area contributed by atoms with Gasteiger partial charge in [0, 0.05) is 11.5 Å². The predicted molar refractivity (Wildman–Crippen MR) is 82.0 cm³/mol. The summed E-state index contributed by atoms with van der Waals surface area (Å²) in [6.07, 6.45) is 1.17. The van der Waals surface area contributed by atoms with Gasteiger partial charge in [-0.15, -0.1) is 4.91 Å². The molecule has 112 valence electrons. The summed E-state index contributed by atoms with van der Waals surface area (Å²) in [6, 6.07) is 3.71. The summed E-state index contributed by atoms with van der Waals surface area (Å²) in [6.45, 7) is 9.81. The first-order valence-electron chi connectivity index (χ1n) is 7.37. The summed E-state index contributed by atoms with van der Waals surface area (Å²) in [5.74, 6) is 0.849. The van der Waals surface area contributed by atoms with Crippen LogP contribution in [-0.2, 0) is 0 Å². The molecule has 0 aromatic heterocycles. The van der Waals surface area contributed by atoms with Gasteiger partial charge in [0.05, 0.1) is 5.60 Å². The van der Waals surface area contributed by atoms with Crippen molar-refractivity contribution in [1.29, 1.82) is 0 Å². The van der Waals surface area contributed by atoms with E-state index >= 15 is 0 Å². The van der Waals surface area contributed by atoms with Crippen molar-refractivity contribution >= 4 is 5.69 Å². The molecule has 2 aliphatic rings. The van der Waals surface area contributed by atoms with Gasteiger partial charge in [0.1, 0.15) is 17.5 Å². The average Bonchev–Trinajstić information content (AvgIpc) is 2.77. The molecule has 4 heteroatoms. The monoisotopic (exact) mass is 287 g/mol. The lowest BCUT2D eigenvalue weighted by Gasteiger charge is -2.42. The van der Waals surface area contributed by atoms with Gasteiger partial charge in [0.2, 0.25) is 0 Å². The van der Waals surface area contributed by atoms with Crippen LogP contribution in [0.2, 0.25) is 0 Å². The highest BCUT2D eigenvalue weighted by Gasteiger charge is 2.53. The van der Waals surface area contributed by atoms with Gasteiger partial charge in [-0.25, -0.2) is 0 Å². The number of fused-ring (bicyclic) bond motifs is 3. The van der Waals surface area contributed by atoms with E-state index < -0.39 is 5.60 Å². The fourth-order valence-corrected chi connectivity index (χ4v) is 3.86. The lowest BCUT2D eigenvalue weighted by atomic mass is 9.66. The lowest BCUT2D eigenvalue weighted by Crippen LogP contribution is -2.50. The van der Waals surface area contributed by atoms with E-state index in [1.807, 2.05) is 26.8 Å². The number of ether oxygens (including phenoxy) is 1. The van der Waals surface area contributed by atoms with Crippen molar-refractivity contribution in [3.05, 3.63) is 40.3 Å². The molecule has 1 aromatic carbocycles. The van der Waals surface area contributed by atoms with Crippen molar-refractivity contribution in [2.75, 3.05) is 0 Å². The number of hydrogen-bond acceptors (Lipinski definition) is 4. The van der Waals surface area contributed by atoms with E-state index in [9.17, 15) is 10.0 Å². The Bertz CT molecular complexity index is 621. The number of allylic oxidation sites excluding steroid dienone is 1. The molecule has 3 unspecified atom stereocenters. The molecule has 1 aromatic rings. The van der Waals surface area contributed by atoms with Gasteiger partial charge in [0.25, 0.3) is 0 Å². The summed E-state index contributed by atoms with van der Waals surface area (Å²) in [5.41, 5.74) is 2.38. The minimum atomic E-state index is -0.899. The second-order valence-corrected chi connectivity index (χ2v) is 6.70. The Kier molecular flexibility index (Phi) is 3.17. The third-order valence-electron chi connectivity index (χ3n) is 4.92. The van der Waals surface area contributed by atoms with Crippen molar-refractivity contribution < 1.29 is 9.84 Å². The summed E-state index contributed by atoms with van der Waals surface area (Å²) in [5, 5.41) is 13.9. The Labute approximate surface area is 124 Å². The smallest absolute Gasteiger partial charge is 0.135 e. The van der Waals surface area contributed by atoms with E-state index in [0.29, 0.717) is 17.9 Å². The van der Waals surface area contributed by atoms with Crippen molar-refractivity contribution in [1.82, 2.24) is 0 Å². The summed E-state index contributed by atoms with van der Waals surface area (Å²) >= 11 is 0. The van der Waals surface area contributed by atoms with Gasteiger partial charge in [-0.1, -0.05) is 12.2 Å². The zero-order valence-corrected chi connectivity index (χ0v) is 12.7. The summed E-state index contributed by atoms with van der Waals surface area (Å²) < 4.78 is 6.04. The van der Waals surface area contributed by atoms with Gasteiger partial charge in [0.15, 0.2) is 0 Å². The van der Waals surface area contributed by atoms with E-state index in [-0.39, 0.29) is 17.9 Å². The number of hydrogen-bond donors (Lipinski definition) is 1. The standard InChI is InChI=1S/C17H21NO3/c1-9(2)11-5-6-17(4,19)16-14(11)15-12(18-20)7-10(3)8-13(15)21-16/h7-8,11,14,16,19H,1,5-6H2,2-4H3/t11?,14?,16?,17-/m0/s1. The molecule has 1 aliphatic carbocycles. The molecule has 0 amide bonds. The number of aliphatic hydroxyl groups is 1. The molecular weight excluding hydrogens is 266 g/mol. The molecule has 1 heterocycles. The second-order valence-electron chi connectivity index (χ2n) is 6.70. The molecule has 0 saturated heterocycles. The van der Waals surface area contributed by atoms with E-state index in [2.05, 4.69) is 11.8 Å². The Balaban J connectivity index is 2.18. The van der Waals surface area contributed by atoms with Gasteiger partial charge < -0.3 is 9.84 Å². The minimum absolute atomic E-state index is 0.0467. The maximum Gasteiger partial charge on any atom is 0.135 e. The molecule has 0 spiro atoms. The number of nitroso groups, excluding NO2 is 1. The molecule has 4 nitrogen and oxygen atoms in total. The SMILES string of the molecule is C=C(C)C1CC[C@](C)(O)C2Oc3cc(C)cc(N=O)c3C12. The normalized spacial score (nSPS) is 33.8. The maximum absolute atomic E-state index is 11.2. The minimum Gasteiger partial charge on any atom is -0.486 e. The Morgan fingerprint density at radius 2 is 2.24 bits per heavy atom. The number of benzene rings is 1. The summed E-state index contributed by atoms with van der Waals surface area (Å²) in [4.78, 5) is 11.2. The predicted octanol–water partition coefficient (Wildman–Crippen LogP) is 3.97. The molecule has 0 bridgehead atoms. The molecule has 1 N–H and O–H groups in total. The van der Waals surface area contributed by atoms with E-state index in [4.69, 9.17) is 4.74 Å². The first-order chi connectivity index (χ1) is 9.85. The maximum atomic E-state index is 11.2. The third kappa shape index (κ3) is 2.09. The number of aryl methyl sites for hydroxylation is 1. The van der Waals surface area contributed by atoms with Crippen molar-refractivity contribution in [3.63, 3.8) is 0 Å². The van der Waals surface area contributed by atoms with Crippen LogP contribution in [-0.4, -0.2) is 16.8 Å². The van der Waals surface area contributed by atoms with Crippen molar-refractivity contribution in [2.24, 2.45) is 11.1 Å². The van der Waals surface area contributed by atoms with Crippen molar-refractivity contribution in [3.8, 4) is 5.75 Å². The highest BCUT2D eigenvalue weighted by Crippen LogP contribution is 2.56. The van der Waals surface area contributed by atoms with Crippen LogP contribution in [0.25, 0.3) is 0 Å². The van der Waals surface area contributed by atoms with Crippen LogP contribution < -0.4 is 4.74 Å². The molecule has 4 atom stereocenters. The van der Waals surface area contributed by atoms with Gasteiger partial charge >= 0.3 is 0 Å². The molecular formula is C17H21NO3.